The predicted octanol–water partition coefficient (Wildman–Crippen LogP) is 2.25. The lowest BCUT2D eigenvalue weighted by Gasteiger charge is -2.01. The third kappa shape index (κ3) is 2.94. The first-order valence-corrected chi connectivity index (χ1v) is 5.62. The lowest BCUT2D eigenvalue weighted by molar-refractivity contribution is 0.0520. The molecule has 0 aliphatic heterocycles. The largest absolute Gasteiger partial charge is 0.461 e. The molecule has 0 N–H and O–H groups in total. The number of carbonyl (C=O) groups excluding carboxylic acids is 1. The van der Waals surface area contributed by atoms with Gasteiger partial charge in [0.1, 0.15) is 5.82 Å². The molecule has 0 amide bonds. The summed E-state index contributed by atoms with van der Waals surface area (Å²) in [5.74, 6) is -0.702. The molecule has 1 aromatic heterocycles. The third-order valence-corrected chi connectivity index (χ3v) is 2.40. The molecule has 4 nitrogen and oxygen atoms in total. The van der Waals surface area contributed by atoms with E-state index in [0.717, 1.165) is 5.56 Å². The van der Waals surface area contributed by atoms with E-state index in [9.17, 15) is 9.18 Å². The summed E-state index contributed by atoms with van der Waals surface area (Å²) in [6.45, 7) is 2.60. The maximum absolute atomic E-state index is 12.7. The first-order valence-electron chi connectivity index (χ1n) is 5.62. The highest BCUT2D eigenvalue weighted by molar-refractivity contribution is 5.86. The fourth-order valence-electron chi connectivity index (χ4n) is 1.56. The first kappa shape index (κ1) is 12.3. The van der Waals surface area contributed by atoms with Crippen LogP contribution in [-0.4, -0.2) is 22.1 Å². The van der Waals surface area contributed by atoms with Crippen molar-refractivity contribution in [3.8, 4) is 0 Å². The van der Waals surface area contributed by atoms with Crippen LogP contribution in [0.25, 0.3) is 0 Å². The Hall–Kier alpha value is -2.17. The number of hydrogen-bond donors (Lipinski definition) is 0. The number of hydrogen-bond acceptors (Lipinski definition) is 3. The smallest absolute Gasteiger partial charge is 0.358 e. The molecule has 18 heavy (non-hydrogen) atoms. The van der Waals surface area contributed by atoms with Crippen LogP contribution in [-0.2, 0) is 11.3 Å². The number of ether oxygens (including phenoxy) is 1. The van der Waals surface area contributed by atoms with Crippen molar-refractivity contribution in [2.45, 2.75) is 13.5 Å². The van der Waals surface area contributed by atoms with Gasteiger partial charge in [-0.3, -0.25) is 0 Å². The highest BCUT2D eigenvalue weighted by atomic mass is 19.1. The van der Waals surface area contributed by atoms with Gasteiger partial charge in [-0.2, -0.15) is 0 Å². The average Bonchev–Trinajstić information content (AvgIpc) is 2.81. The molecule has 0 radical (unpaired) electrons. The highest BCUT2D eigenvalue weighted by Crippen LogP contribution is 2.06. The van der Waals surface area contributed by atoms with Gasteiger partial charge in [0.25, 0.3) is 0 Å². The Morgan fingerprint density at radius 2 is 2.11 bits per heavy atom. The number of halogens is 1. The minimum atomic E-state index is -0.435. The number of imidazole rings is 1. The van der Waals surface area contributed by atoms with Crippen molar-refractivity contribution in [2.75, 3.05) is 6.61 Å². The van der Waals surface area contributed by atoms with Crippen LogP contribution in [0.3, 0.4) is 0 Å². The second-order valence-electron chi connectivity index (χ2n) is 3.78. The molecule has 0 bridgehead atoms. The summed E-state index contributed by atoms with van der Waals surface area (Å²) in [7, 11) is 0. The van der Waals surface area contributed by atoms with Crippen LogP contribution in [0.5, 0.6) is 0 Å². The Kier molecular flexibility index (Phi) is 3.72. The van der Waals surface area contributed by atoms with Gasteiger partial charge in [-0.1, -0.05) is 12.1 Å². The average molecular weight is 248 g/mol. The van der Waals surface area contributed by atoms with Gasteiger partial charge in [0.2, 0.25) is 0 Å². The van der Waals surface area contributed by atoms with Crippen molar-refractivity contribution in [1.82, 2.24) is 9.55 Å². The van der Waals surface area contributed by atoms with Gasteiger partial charge in [0.15, 0.2) is 5.69 Å². The van der Waals surface area contributed by atoms with Crippen LogP contribution in [0.4, 0.5) is 4.39 Å². The predicted molar refractivity (Wildman–Crippen MR) is 63.7 cm³/mol. The molecule has 0 fully saturated rings. The summed E-state index contributed by atoms with van der Waals surface area (Å²) in [5, 5.41) is 0. The Bertz CT molecular complexity index is 534. The van der Waals surface area contributed by atoms with Crippen LogP contribution >= 0.6 is 0 Å². The van der Waals surface area contributed by atoms with Gasteiger partial charge in [0.05, 0.1) is 12.9 Å². The minimum absolute atomic E-state index is 0.267. The van der Waals surface area contributed by atoms with E-state index in [1.807, 2.05) is 0 Å². The molecule has 0 saturated carbocycles. The number of carbonyl (C=O) groups is 1. The molecular formula is C13H13FN2O2. The van der Waals surface area contributed by atoms with Crippen LogP contribution in [0.2, 0.25) is 0 Å². The van der Waals surface area contributed by atoms with E-state index in [-0.39, 0.29) is 11.5 Å². The fraction of sp³-hybridized carbons (Fsp3) is 0.231. The fourth-order valence-corrected chi connectivity index (χ4v) is 1.56. The van der Waals surface area contributed by atoms with E-state index in [2.05, 4.69) is 4.98 Å². The highest BCUT2D eigenvalue weighted by Gasteiger charge is 2.09. The van der Waals surface area contributed by atoms with E-state index >= 15 is 0 Å². The topological polar surface area (TPSA) is 44.1 Å². The number of nitrogens with zero attached hydrogens (tertiary/aromatic N) is 2. The molecule has 1 aromatic carbocycles. The zero-order chi connectivity index (χ0) is 13.0. The Balaban J connectivity index is 2.06. The molecule has 0 aliphatic rings. The molecular weight excluding hydrogens is 235 g/mol. The van der Waals surface area contributed by atoms with Gasteiger partial charge in [-0.05, 0) is 24.6 Å². The van der Waals surface area contributed by atoms with Gasteiger partial charge in [-0.15, -0.1) is 0 Å². The second-order valence-corrected chi connectivity index (χ2v) is 3.78. The Labute approximate surface area is 104 Å². The quantitative estimate of drug-likeness (QED) is 0.779. The van der Waals surface area contributed by atoms with Gasteiger partial charge in [-0.25, -0.2) is 14.2 Å². The van der Waals surface area contributed by atoms with Crippen LogP contribution < -0.4 is 0 Å². The van der Waals surface area contributed by atoms with Crippen molar-refractivity contribution >= 4 is 5.97 Å². The zero-order valence-corrected chi connectivity index (χ0v) is 9.97. The summed E-state index contributed by atoms with van der Waals surface area (Å²) in [6, 6.07) is 6.19. The van der Waals surface area contributed by atoms with E-state index in [1.165, 1.54) is 12.1 Å². The monoisotopic (exact) mass is 248 g/mol. The van der Waals surface area contributed by atoms with E-state index in [1.54, 1.807) is 36.1 Å². The Morgan fingerprint density at radius 1 is 1.39 bits per heavy atom. The zero-order valence-electron chi connectivity index (χ0n) is 9.97. The summed E-state index contributed by atoms with van der Waals surface area (Å²) in [4.78, 5) is 15.4. The SMILES string of the molecule is CCOC(=O)c1cn(Cc2ccc(F)cc2)cn1. The second kappa shape index (κ2) is 5.44. The van der Waals surface area contributed by atoms with E-state index < -0.39 is 5.97 Å². The van der Waals surface area contributed by atoms with Gasteiger partial charge in [0, 0.05) is 12.7 Å². The number of rotatable bonds is 4. The van der Waals surface area contributed by atoms with Crippen LogP contribution in [0, 0.1) is 5.82 Å². The van der Waals surface area contributed by atoms with Crippen LogP contribution in [0.15, 0.2) is 36.8 Å². The molecule has 5 heteroatoms. The molecule has 94 valence electrons. The molecule has 0 aliphatic carbocycles. The van der Waals surface area contributed by atoms with Crippen molar-refractivity contribution in [2.24, 2.45) is 0 Å². The maximum atomic E-state index is 12.7. The molecule has 0 atom stereocenters. The number of benzene rings is 1. The molecule has 1 heterocycles. The van der Waals surface area contributed by atoms with E-state index in [0.29, 0.717) is 13.2 Å². The van der Waals surface area contributed by atoms with Gasteiger partial charge >= 0.3 is 5.97 Å². The van der Waals surface area contributed by atoms with Gasteiger partial charge < -0.3 is 9.30 Å². The summed E-state index contributed by atoms with van der Waals surface area (Å²) in [6.07, 6.45) is 3.16. The Morgan fingerprint density at radius 3 is 2.78 bits per heavy atom. The maximum Gasteiger partial charge on any atom is 0.358 e. The summed E-state index contributed by atoms with van der Waals surface area (Å²) < 4.78 is 19.3. The minimum Gasteiger partial charge on any atom is -0.461 e. The molecule has 2 aromatic rings. The van der Waals surface area contributed by atoms with Crippen molar-refractivity contribution in [3.63, 3.8) is 0 Å². The lowest BCUT2D eigenvalue weighted by atomic mass is 10.2. The number of aromatic nitrogens is 2. The molecule has 0 spiro atoms. The first-order chi connectivity index (χ1) is 8.69. The standard InChI is InChI=1S/C13H13FN2O2/c1-2-18-13(17)12-8-16(9-15-12)7-10-3-5-11(14)6-4-10/h3-6,8-9H,2,7H2,1H3. The van der Waals surface area contributed by atoms with Crippen LogP contribution in [0.1, 0.15) is 23.0 Å². The lowest BCUT2D eigenvalue weighted by Crippen LogP contribution is -2.05. The normalized spacial score (nSPS) is 10.3. The van der Waals surface area contributed by atoms with Crippen molar-refractivity contribution in [1.29, 1.82) is 0 Å². The molecule has 0 saturated heterocycles. The third-order valence-electron chi connectivity index (χ3n) is 2.40. The summed E-state index contributed by atoms with van der Waals surface area (Å²) in [5.41, 5.74) is 1.21. The summed E-state index contributed by atoms with van der Waals surface area (Å²) >= 11 is 0. The molecule has 0 unspecified atom stereocenters. The van der Waals surface area contributed by atoms with E-state index in [4.69, 9.17) is 4.74 Å². The van der Waals surface area contributed by atoms with Crippen molar-refractivity contribution in [3.05, 3.63) is 53.9 Å². The number of esters is 1. The van der Waals surface area contributed by atoms with Crippen molar-refractivity contribution < 1.29 is 13.9 Å². The molecule has 2 rings (SSSR count).